The second kappa shape index (κ2) is 29.6. The molecule has 13 aromatic rings. The molecule has 5 aromatic heterocycles. The maximum absolute atomic E-state index is 11.6. The van der Waals surface area contributed by atoms with Crippen LogP contribution in [0.3, 0.4) is 0 Å². The lowest BCUT2D eigenvalue weighted by molar-refractivity contribution is 0.554. The van der Waals surface area contributed by atoms with Gasteiger partial charge in [-0.05, 0) is 161 Å². The lowest BCUT2D eigenvalue weighted by Crippen LogP contribution is -2.12. The van der Waals surface area contributed by atoms with Crippen LogP contribution in [0.2, 0.25) is 0 Å². The zero-order valence-corrected chi connectivity index (χ0v) is 62.0. The van der Waals surface area contributed by atoms with Crippen molar-refractivity contribution in [1.29, 1.82) is 0 Å². The molecule has 97 heavy (non-hydrogen) atoms. The highest BCUT2D eigenvalue weighted by Crippen LogP contribution is 2.34. The number of H-pyrrole nitrogens is 2. The average Bonchev–Trinajstić information content (AvgIpc) is 1.79. The largest absolute Gasteiger partial charge is 0.342 e. The molecule has 0 saturated heterocycles. The van der Waals surface area contributed by atoms with Crippen LogP contribution in [-0.2, 0) is 47.7 Å². The van der Waals surface area contributed by atoms with Gasteiger partial charge in [0.2, 0.25) is 0 Å². The van der Waals surface area contributed by atoms with E-state index in [4.69, 9.17) is 0 Å². The molecule has 0 bridgehead atoms. The van der Waals surface area contributed by atoms with Crippen molar-refractivity contribution in [2.75, 3.05) is 0 Å². The Hall–Kier alpha value is -9.26. The molecule has 8 aromatic carbocycles. The molecule has 0 unspecified atom stereocenters. The Morgan fingerprint density at radius 2 is 0.804 bits per heavy atom. The van der Waals surface area contributed by atoms with Gasteiger partial charge < -0.3 is 4.98 Å². The Balaban J connectivity index is 0.000000145. The van der Waals surface area contributed by atoms with Gasteiger partial charge >= 0.3 is 0 Å². The summed E-state index contributed by atoms with van der Waals surface area (Å²) < 4.78 is 23.3. The van der Waals surface area contributed by atoms with Gasteiger partial charge in [-0.3, -0.25) is 19.9 Å². The van der Waals surface area contributed by atoms with Crippen molar-refractivity contribution in [1.82, 2.24) is 45.3 Å². The van der Waals surface area contributed by atoms with Crippen LogP contribution in [-0.4, -0.2) is 53.7 Å². The number of aromatic nitrogens is 9. The van der Waals surface area contributed by atoms with Crippen LogP contribution < -0.4 is 0 Å². The molecule has 2 N–H and O–H groups in total. The Morgan fingerprint density at radius 3 is 1.41 bits per heavy atom. The summed E-state index contributed by atoms with van der Waals surface area (Å²) in [5.41, 5.74) is 17.6. The molecule has 504 valence electrons. The van der Waals surface area contributed by atoms with Gasteiger partial charge in [-0.1, -0.05) is 255 Å². The van der Waals surface area contributed by atoms with Gasteiger partial charge in [-0.2, -0.15) is 15.4 Å². The predicted octanol–water partition coefficient (Wildman–Crippen LogP) is 22.0. The fraction of sp³-hybridized carbons (Fsp3) is 0.329. The van der Waals surface area contributed by atoms with E-state index in [1.54, 1.807) is 24.5 Å². The Bertz CT molecular complexity index is 4680. The molecule has 11 nitrogen and oxygen atoms in total. The van der Waals surface area contributed by atoms with Gasteiger partial charge in [0.25, 0.3) is 0 Å². The van der Waals surface area contributed by atoms with Crippen LogP contribution in [0.4, 0.5) is 0 Å². The van der Waals surface area contributed by atoms with Crippen molar-refractivity contribution in [3.8, 4) is 0 Å². The molecule has 0 fully saturated rings. The van der Waals surface area contributed by atoms with Crippen molar-refractivity contribution in [2.24, 2.45) is 0 Å². The molecule has 0 radical (unpaired) electrons. The molecule has 14 rings (SSSR count). The maximum atomic E-state index is 11.6. The van der Waals surface area contributed by atoms with E-state index < -0.39 is 9.84 Å². The molecule has 0 atom stereocenters. The van der Waals surface area contributed by atoms with E-state index >= 15 is 0 Å². The van der Waals surface area contributed by atoms with Crippen molar-refractivity contribution in [3.63, 3.8) is 0 Å². The SMILES string of the molecule is CC(C)(C)c1ccc2c(c1)S(=O)(=O)C=C2.CC(C)(C)c1ccc2n[nH]nc2c1.CC(C)(C)c1ccc2ncccc2c1.CC(C)(C)c1ccc2nccnc2c1.CC(C)(C)c1cccc2ccccc12.CC(C)(C)c1cnc2ccccc2c1.CC(C)(C)c1nc2ccccc2[nH]1. The minimum Gasteiger partial charge on any atom is -0.342 e. The van der Waals surface area contributed by atoms with E-state index in [1.165, 1.54) is 54.8 Å². The Kier molecular flexibility index (Phi) is 22.5. The molecule has 0 amide bonds. The zero-order chi connectivity index (χ0) is 70.9. The number of rotatable bonds is 0. The normalized spacial score (nSPS) is 12.9. The highest BCUT2D eigenvalue weighted by atomic mass is 32.2. The average molecular weight is 1310 g/mol. The number of fused-ring (bicyclic) bond motifs is 7. The zero-order valence-electron chi connectivity index (χ0n) is 61.1. The van der Waals surface area contributed by atoms with Gasteiger partial charge in [-0.25, -0.2) is 13.4 Å². The second-order valence-electron chi connectivity index (χ2n) is 32.1. The third kappa shape index (κ3) is 19.9. The number of benzene rings is 8. The smallest absolute Gasteiger partial charge is 0.200 e. The van der Waals surface area contributed by atoms with Crippen LogP contribution in [0, 0.1) is 0 Å². The number of imidazole rings is 1. The quantitative estimate of drug-likeness (QED) is 0.151. The highest BCUT2D eigenvalue weighted by Gasteiger charge is 2.25. The van der Waals surface area contributed by atoms with E-state index in [2.05, 4.69) is 306 Å². The summed E-state index contributed by atoms with van der Waals surface area (Å²) in [7, 11) is -3.17. The number of para-hydroxylation sites is 3. The first-order valence-electron chi connectivity index (χ1n) is 33.5. The molecular weight excluding hydrogens is 1210 g/mol. The third-order valence-electron chi connectivity index (χ3n) is 16.8. The fourth-order valence-electron chi connectivity index (χ4n) is 10.6. The van der Waals surface area contributed by atoms with Gasteiger partial charge in [0, 0.05) is 46.4 Å². The molecule has 0 saturated carbocycles. The Labute approximate surface area is 577 Å². The lowest BCUT2D eigenvalue weighted by atomic mass is 9.84. The monoisotopic (exact) mass is 1310 g/mol. The first-order valence-corrected chi connectivity index (χ1v) is 35.0. The van der Waals surface area contributed by atoms with E-state index in [0.29, 0.717) is 4.90 Å². The lowest BCUT2D eigenvalue weighted by Gasteiger charge is -2.21. The third-order valence-corrected chi connectivity index (χ3v) is 18.2. The number of hydrogen-bond donors (Lipinski definition) is 2. The van der Waals surface area contributed by atoms with Crippen molar-refractivity contribution >= 4 is 81.6 Å². The predicted molar refractivity (Wildman–Crippen MR) is 411 cm³/mol. The van der Waals surface area contributed by atoms with E-state index in [-0.39, 0.29) is 37.9 Å². The number of nitrogens with zero attached hydrogens (tertiary/aromatic N) is 7. The molecule has 0 aliphatic carbocycles. The summed E-state index contributed by atoms with van der Waals surface area (Å²) in [6, 6.07) is 62.3. The molecule has 1 aliphatic heterocycles. The molecule has 12 heteroatoms. The van der Waals surface area contributed by atoms with E-state index in [0.717, 1.165) is 61.1 Å². The standard InChI is InChI=1S/C14H16.2C13H15N.C12H14N2.C12H14O2S.C11H14N2.C10H13N3/c1-14(2,3)13-10-6-8-11-7-4-5-9-12(11)13;1-13(2,3)11-6-7-12-10(9-11)5-4-8-14-12;1-13(2,3)11-8-10-6-4-5-7-12(10)14-9-11;1-12(2,3)9-4-5-10-11(8-9)14-7-6-13-10;1-12(2,3)10-5-4-9-6-7-15(13,14)11(9)8-10;1-11(2,3)10-12-8-6-4-5-7-9(8)13-10;1-10(2,3)7-4-5-8-9(6-7)12-13-11-8/h4-10H,1-3H3;2*4-9H,1-3H3;4-8H,1-3H3;4-8H,1-3H3;4-7H,1-3H3,(H,12,13);4-6H,1-3H3,(H,11,12,13). The van der Waals surface area contributed by atoms with Gasteiger partial charge in [0.05, 0.1) is 38.0 Å². The van der Waals surface area contributed by atoms with E-state index in [1.807, 2.05) is 73.1 Å². The van der Waals surface area contributed by atoms with Crippen LogP contribution in [0.25, 0.3) is 71.8 Å². The first-order chi connectivity index (χ1) is 45.3. The van der Waals surface area contributed by atoms with Crippen LogP contribution in [0.15, 0.2) is 217 Å². The minimum atomic E-state index is -3.17. The van der Waals surface area contributed by atoms with E-state index in [9.17, 15) is 8.42 Å². The minimum absolute atomic E-state index is 0.0207. The van der Waals surface area contributed by atoms with Crippen LogP contribution >= 0.6 is 0 Å². The summed E-state index contributed by atoms with van der Waals surface area (Å²) in [5.74, 6) is 1.05. The summed E-state index contributed by atoms with van der Waals surface area (Å²) in [6.07, 6.45) is 8.91. The maximum Gasteiger partial charge on any atom is 0.200 e. The van der Waals surface area contributed by atoms with Gasteiger partial charge in [-0.15, -0.1) is 0 Å². The first kappa shape index (κ1) is 73.5. The van der Waals surface area contributed by atoms with Crippen LogP contribution in [0.1, 0.15) is 190 Å². The fourth-order valence-corrected chi connectivity index (χ4v) is 11.8. The van der Waals surface area contributed by atoms with Gasteiger partial charge in [0.1, 0.15) is 16.9 Å². The summed E-state index contributed by atoms with van der Waals surface area (Å²) in [4.78, 5) is 25.6. The number of nitrogens with one attached hydrogen (secondary N) is 2. The molecule has 0 spiro atoms. The number of pyridine rings is 2. The van der Waals surface area contributed by atoms with Crippen molar-refractivity contribution in [2.45, 2.75) is 188 Å². The molecular formula is C85H101N9O2S. The summed E-state index contributed by atoms with van der Waals surface area (Å²) in [6.45, 7) is 45.9. The Morgan fingerprint density at radius 1 is 0.340 bits per heavy atom. The van der Waals surface area contributed by atoms with Crippen molar-refractivity contribution in [3.05, 3.63) is 257 Å². The number of hydrogen-bond acceptors (Lipinski definition) is 9. The summed E-state index contributed by atoms with van der Waals surface area (Å²) >= 11 is 0. The molecule has 6 heterocycles. The number of aromatic amines is 2. The molecule has 1 aliphatic rings. The highest BCUT2D eigenvalue weighted by molar-refractivity contribution is 7.94. The van der Waals surface area contributed by atoms with Crippen molar-refractivity contribution < 1.29 is 8.42 Å². The second-order valence-corrected chi connectivity index (χ2v) is 33.9. The van der Waals surface area contributed by atoms with Gasteiger partial charge in [0.15, 0.2) is 9.84 Å². The number of sulfone groups is 1. The van der Waals surface area contributed by atoms with Crippen LogP contribution in [0.5, 0.6) is 0 Å². The summed E-state index contributed by atoms with van der Waals surface area (Å²) in [5, 5.41) is 17.1. The topological polar surface area (TPSA) is 156 Å².